The van der Waals surface area contributed by atoms with Crippen molar-refractivity contribution < 1.29 is 18.1 Å². The average Bonchev–Trinajstić information content (AvgIpc) is 2.46. The molecule has 1 fully saturated rings. The Morgan fingerprint density at radius 3 is 2.61 bits per heavy atom. The summed E-state index contributed by atoms with van der Waals surface area (Å²) in [6, 6.07) is 5.32. The van der Waals surface area contributed by atoms with Gasteiger partial charge in [-0.2, -0.15) is 0 Å². The molecular weight excluding hydrogens is 324 g/mol. The molecule has 1 saturated heterocycles. The molecule has 2 amide bonds. The zero-order chi connectivity index (χ0) is 17.0. The highest BCUT2D eigenvalue weighted by molar-refractivity contribution is 7.89. The summed E-state index contributed by atoms with van der Waals surface area (Å²) in [4.78, 5) is 23.9. The van der Waals surface area contributed by atoms with Crippen LogP contribution in [0.2, 0.25) is 0 Å². The van der Waals surface area contributed by atoms with Crippen LogP contribution in [0.4, 0.5) is 16.2 Å². The van der Waals surface area contributed by atoms with E-state index in [-0.39, 0.29) is 23.4 Å². The van der Waals surface area contributed by atoms with Crippen LogP contribution in [0, 0.1) is 16.0 Å². The van der Waals surface area contributed by atoms with E-state index < -0.39 is 14.9 Å². The van der Waals surface area contributed by atoms with E-state index in [0.717, 1.165) is 0 Å². The molecule has 9 nitrogen and oxygen atoms in total. The predicted molar refractivity (Wildman–Crippen MR) is 84.4 cm³/mol. The van der Waals surface area contributed by atoms with Crippen molar-refractivity contribution in [1.29, 1.82) is 0 Å². The molecule has 0 unspecified atom stereocenters. The number of non-ortho nitro benzene ring substituents is 1. The lowest BCUT2D eigenvalue weighted by Gasteiger charge is -2.31. The number of nitrogens with one attached hydrogen (secondary N) is 1. The van der Waals surface area contributed by atoms with E-state index in [1.807, 2.05) is 0 Å². The molecule has 2 rings (SSSR count). The van der Waals surface area contributed by atoms with Gasteiger partial charge in [0.1, 0.15) is 0 Å². The van der Waals surface area contributed by atoms with Gasteiger partial charge in [0, 0.05) is 30.9 Å². The molecule has 0 aliphatic carbocycles. The number of nitrogens with two attached hydrogens (primary N) is 1. The first-order valence-corrected chi connectivity index (χ1v) is 8.77. The number of piperidine rings is 1. The van der Waals surface area contributed by atoms with Crippen LogP contribution in [0.5, 0.6) is 0 Å². The molecule has 0 saturated carbocycles. The van der Waals surface area contributed by atoms with Gasteiger partial charge in [-0.05, 0) is 24.8 Å². The molecule has 0 spiro atoms. The number of nitro groups is 1. The molecule has 3 N–H and O–H groups in total. The minimum Gasteiger partial charge on any atom is -0.325 e. The number of hydrogen-bond donors (Lipinski definition) is 2. The molecular formula is C13H18N4O5S. The second-order valence-corrected chi connectivity index (χ2v) is 7.16. The van der Waals surface area contributed by atoms with Gasteiger partial charge in [0.25, 0.3) is 5.69 Å². The highest BCUT2D eigenvalue weighted by Gasteiger charge is 2.25. The third-order valence-corrected chi connectivity index (χ3v) is 4.61. The fourth-order valence-corrected chi connectivity index (χ4v) is 3.52. The third kappa shape index (κ3) is 5.18. The molecule has 1 aliphatic heterocycles. The van der Waals surface area contributed by atoms with E-state index in [4.69, 9.17) is 5.14 Å². The van der Waals surface area contributed by atoms with Crippen molar-refractivity contribution in [3.05, 3.63) is 34.4 Å². The van der Waals surface area contributed by atoms with E-state index >= 15 is 0 Å². The zero-order valence-corrected chi connectivity index (χ0v) is 13.2. The van der Waals surface area contributed by atoms with E-state index in [1.54, 1.807) is 11.0 Å². The minimum atomic E-state index is -3.51. The number of nitrogens with zero attached hydrogens (tertiary/aromatic N) is 2. The van der Waals surface area contributed by atoms with Crippen LogP contribution in [0.1, 0.15) is 12.8 Å². The van der Waals surface area contributed by atoms with Crippen molar-refractivity contribution in [1.82, 2.24) is 4.90 Å². The maximum Gasteiger partial charge on any atom is 0.321 e. The van der Waals surface area contributed by atoms with Crippen LogP contribution in [-0.4, -0.2) is 43.1 Å². The van der Waals surface area contributed by atoms with Crippen LogP contribution in [0.3, 0.4) is 0 Å². The largest absolute Gasteiger partial charge is 0.325 e. The second kappa shape index (κ2) is 6.92. The smallest absolute Gasteiger partial charge is 0.321 e. The first-order valence-electron chi connectivity index (χ1n) is 7.05. The molecule has 1 aromatic rings. The Morgan fingerprint density at radius 2 is 2.04 bits per heavy atom. The van der Waals surface area contributed by atoms with E-state index in [1.165, 1.54) is 18.2 Å². The van der Waals surface area contributed by atoms with Gasteiger partial charge in [-0.15, -0.1) is 0 Å². The summed E-state index contributed by atoms with van der Waals surface area (Å²) in [5.41, 5.74) is 0.241. The topological polar surface area (TPSA) is 136 Å². The number of primary sulfonamides is 1. The number of benzene rings is 1. The molecule has 1 aliphatic rings. The monoisotopic (exact) mass is 342 g/mol. The molecule has 10 heteroatoms. The Labute approximate surface area is 133 Å². The number of anilines is 1. The lowest BCUT2D eigenvalue weighted by molar-refractivity contribution is -0.384. The number of amides is 2. The molecule has 126 valence electrons. The fourth-order valence-electron chi connectivity index (χ4n) is 2.53. The second-order valence-electron chi connectivity index (χ2n) is 5.50. The third-order valence-electron chi connectivity index (χ3n) is 3.68. The summed E-state index contributed by atoms with van der Waals surface area (Å²) >= 11 is 0. The summed E-state index contributed by atoms with van der Waals surface area (Å²) in [6.07, 6.45) is 1.11. The SMILES string of the molecule is NS(=O)(=O)CC1CCN(C(=O)Nc2cccc([N+](=O)[O-])c2)CC1. The van der Waals surface area contributed by atoms with E-state index in [2.05, 4.69) is 5.32 Å². The number of likely N-dealkylation sites (tertiary alicyclic amines) is 1. The molecule has 0 atom stereocenters. The summed E-state index contributed by atoms with van der Waals surface area (Å²) in [6.45, 7) is 0.835. The van der Waals surface area contributed by atoms with Crippen molar-refractivity contribution in [2.45, 2.75) is 12.8 Å². The van der Waals surface area contributed by atoms with Crippen molar-refractivity contribution in [2.75, 3.05) is 24.2 Å². The van der Waals surface area contributed by atoms with Crippen LogP contribution in [0.25, 0.3) is 0 Å². The van der Waals surface area contributed by atoms with Crippen molar-refractivity contribution in [3.63, 3.8) is 0 Å². The van der Waals surface area contributed by atoms with Crippen molar-refractivity contribution in [3.8, 4) is 0 Å². The van der Waals surface area contributed by atoms with Crippen LogP contribution < -0.4 is 10.5 Å². The highest BCUT2D eigenvalue weighted by Crippen LogP contribution is 2.21. The fraction of sp³-hybridized carbons (Fsp3) is 0.462. The Balaban J connectivity index is 1.90. The number of carbonyl (C=O) groups is 1. The summed E-state index contributed by atoms with van der Waals surface area (Å²) < 4.78 is 22.1. The molecule has 0 bridgehead atoms. The maximum absolute atomic E-state index is 12.1. The van der Waals surface area contributed by atoms with Crippen molar-refractivity contribution >= 4 is 27.4 Å². The number of rotatable bonds is 4. The first kappa shape index (κ1) is 17.2. The summed E-state index contributed by atoms with van der Waals surface area (Å²) in [5.74, 6) is -0.125. The molecule has 1 heterocycles. The lowest BCUT2D eigenvalue weighted by Crippen LogP contribution is -2.42. The Hall–Kier alpha value is -2.20. The Bertz CT molecular complexity index is 698. The molecule has 23 heavy (non-hydrogen) atoms. The molecule has 0 radical (unpaired) electrons. The standard InChI is InChI=1S/C13H18N4O5S/c14-23(21,22)9-10-4-6-16(7-5-10)13(18)15-11-2-1-3-12(8-11)17(19)20/h1-3,8,10H,4-7,9H2,(H,15,18)(H2,14,21,22). The van der Waals surface area contributed by atoms with Crippen molar-refractivity contribution in [2.24, 2.45) is 11.1 Å². The van der Waals surface area contributed by atoms with Gasteiger partial charge >= 0.3 is 6.03 Å². The quantitative estimate of drug-likeness (QED) is 0.624. The summed E-state index contributed by atoms with van der Waals surface area (Å²) in [7, 11) is -3.51. The van der Waals surface area contributed by atoms with Gasteiger partial charge in [0.2, 0.25) is 10.0 Å². The van der Waals surface area contributed by atoms with Gasteiger partial charge in [0.15, 0.2) is 0 Å². The normalized spacial score (nSPS) is 16.1. The number of sulfonamides is 1. The first-order chi connectivity index (χ1) is 10.7. The van der Waals surface area contributed by atoms with Crippen LogP contribution >= 0.6 is 0 Å². The Kier molecular flexibility index (Phi) is 5.16. The molecule has 1 aromatic carbocycles. The number of hydrogen-bond acceptors (Lipinski definition) is 5. The van der Waals surface area contributed by atoms with Gasteiger partial charge in [-0.3, -0.25) is 10.1 Å². The lowest BCUT2D eigenvalue weighted by atomic mass is 9.99. The zero-order valence-electron chi connectivity index (χ0n) is 12.3. The number of nitro benzene ring substituents is 1. The van der Waals surface area contributed by atoms with Gasteiger partial charge in [-0.1, -0.05) is 6.07 Å². The van der Waals surface area contributed by atoms with E-state index in [9.17, 15) is 23.3 Å². The predicted octanol–water partition coefficient (Wildman–Crippen LogP) is 1.13. The minimum absolute atomic E-state index is 0.0492. The van der Waals surface area contributed by atoms with Gasteiger partial charge in [0.05, 0.1) is 10.7 Å². The van der Waals surface area contributed by atoms with E-state index in [0.29, 0.717) is 31.6 Å². The summed E-state index contributed by atoms with van der Waals surface area (Å²) in [5, 5.41) is 18.3. The number of urea groups is 1. The number of carbonyl (C=O) groups excluding carboxylic acids is 1. The maximum atomic E-state index is 12.1. The van der Waals surface area contributed by atoms with Crippen LogP contribution in [0.15, 0.2) is 24.3 Å². The average molecular weight is 342 g/mol. The Morgan fingerprint density at radius 1 is 1.39 bits per heavy atom. The molecule has 0 aromatic heterocycles. The van der Waals surface area contributed by atoms with Gasteiger partial charge < -0.3 is 10.2 Å². The highest BCUT2D eigenvalue weighted by atomic mass is 32.2. The van der Waals surface area contributed by atoms with Gasteiger partial charge in [-0.25, -0.2) is 18.4 Å². The van der Waals surface area contributed by atoms with Crippen LogP contribution in [-0.2, 0) is 10.0 Å².